The van der Waals surface area contributed by atoms with Gasteiger partial charge in [-0.2, -0.15) is 0 Å². The first-order chi connectivity index (χ1) is 7.61. The summed E-state index contributed by atoms with van der Waals surface area (Å²) in [4.78, 5) is 11.2. The molecule has 0 saturated carbocycles. The van der Waals surface area contributed by atoms with Crippen LogP contribution in [0.1, 0.15) is 35.6 Å². The molecule has 0 aromatic heterocycles. The van der Waals surface area contributed by atoms with Crippen molar-refractivity contribution in [1.29, 1.82) is 0 Å². The van der Waals surface area contributed by atoms with Crippen molar-refractivity contribution in [2.75, 3.05) is 7.11 Å². The summed E-state index contributed by atoms with van der Waals surface area (Å²) < 4.78 is 5.28. The van der Waals surface area contributed by atoms with Gasteiger partial charge in [-0.1, -0.05) is 6.07 Å². The molecule has 0 spiro atoms. The Morgan fingerprint density at radius 2 is 2.06 bits per heavy atom. The van der Waals surface area contributed by atoms with Crippen LogP contribution in [-0.2, 0) is 4.79 Å². The molecule has 1 atom stereocenters. The van der Waals surface area contributed by atoms with E-state index in [2.05, 4.69) is 18.3 Å². The summed E-state index contributed by atoms with van der Waals surface area (Å²) in [5.41, 5.74) is 3.50. The molecular formula is C13H17NO2. The largest absolute Gasteiger partial charge is 0.496 e. The second kappa shape index (κ2) is 4.16. The highest BCUT2D eigenvalue weighted by atomic mass is 16.5. The average molecular weight is 219 g/mol. The maximum atomic E-state index is 11.2. The predicted molar refractivity (Wildman–Crippen MR) is 62.6 cm³/mol. The predicted octanol–water partition coefficient (Wildman–Crippen LogP) is 2.26. The Kier molecular flexibility index (Phi) is 2.86. The topological polar surface area (TPSA) is 38.3 Å². The molecule has 1 aromatic carbocycles. The van der Waals surface area contributed by atoms with E-state index in [1.165, 1.54) is 11.1 Å². The first-order valence-corrected chi connectivity index (χ1v) is 5.56. The molecule has 1 saturated heterocycles. The number of nitrogens with one attached hydrogen (secondary N) is 1. The fourth-order valence-corrected chi connectivity index (χ4v) is 2.25. The van der Waals surface area contributed by atoms with Gasteiger partial charge in [0.1, 0.15) is 5.75 Å². The first-order valence-electron chi connectivity index (χ1n) is 5.56. The van der Waals surface area contributed by atoms with Gasteiger partial charge in [0.15, 0.2) is 0 Å². The molecule has 1 N–H and O–H groups in total. The van der Waals surface area contributed by atoms with E-state index >= 15 is 0 Å². The van der Waals surface area contributed by atoms with Crippen molar-refractivity contribution in [2.45, 2.75) is 32.7 Å². The van der Waals surface area contributed by atoms with Gasteiger partial charge in [-0.05, 0) is 43.0 Å². The van der Waals surface area contributed by atoms with Gasteiger partial charge < -0.3 is 10.1 Å². The lowest BCUT2D eigenvalue weighted by Crippen LogP contribution is -2.19. The highest BCUT2D eigenvalue weighted by Crippen LogP contribution is 2.30. The molecule has 1 heterocycles. The molecule has 2 rings (SSSR count). The Morgan fingerprint density at radius 3 is 2.62 bits per heavy atom. The van der Waals surface area contributed by atoms with Crippen molar-refractivity contribution < 1.29 is 9.53 Å². The zero-order valence-electron chi connectivity index (χ0n) is 9.96. The van der Waals surface area contributed by atoms with E-state index in [1.54, 1.807) is 7.11 Å². The average Bonchev–Trinajstić information content (AvgIpc) is 2.67. The van der Waals surface area contributed by atoms with Crippen LogP contribution in [-0.4, -0.2) is 13.0 Å². The Hall–Kier alpha value is -1.51. The summed E-state index contributed by atoms with van der Waals surface area (Å²) >= 11 is 0. The fraction of sp³-hybridized carbons (Fsp3) is 0.462. The highest BCUT2D eigenvalue weighted by Gasteiger charge is 2.24. The van der Waals surface area contributed by atoms with Crippen LogP contribution in [0.25, 0.3) is 0 Å². The minimum absolute atomic E-state index is 0.151. The van der Waals surface area contributed by atoms with E-state index in [1.807, 2.05) is 13.0 Å². The molecule has 0 bridgehead atoms. The SMILES string of the molecule is COc1cc(C)c(C2CCC(=O)N2)cc1C. The summed E-state index contributed by atoms with van der Waals surface area (Å²) in [6.07, 6.45) is 1.53. The summed E-state index contributed by atoms with van der Waals surface area (Å²) in [6, 6.07) is 4.33. The second-order valence-electron chi connectivity index (χ2n) is 4.34. The van der Waals surface area contributed by atoms with Gasteiger partial charge in [0, 0.05) is 6.42 Å². The van der Waals surface area contributed by atoms with Crippen LogP contribution in [0.3, 0.4) is 0 Å². The Balaban J connectivity index is 2.34. The number of hydrogen-bond acceptors (Lipinski definition) is 2. The van der Waals surface area contributed by atoms with Crippen molar-refractivity contribution in [2.24, 2.45) is 0 Å². The van der Waals surface area contributed by atoms with Gasteiger partial charge in [0.05, 0.1) is 13.2 Å². The third-order valence-electron chi connectivity index (χ3n) is 3.15. The minimum Gasteiger partial charge on any atom is -0.496 e. The molecule has 1 aromatic rings. The van der Waals surface area contributed by atoms with E-state index in [0.717, 1.165) is 17.7 Å². The van der Waals surface area contributed by atoms with Crippen molar-refractivity contribution >= 4 is 5.91 Å². The van der Waals surface area contributed by atoms with Crippen LogP contribution in [0.4, 0.5) is 0 Å². The molecule has 1 amide bonds. The van der Waals surface area contributed by atoms with E-state index in [0.29, 0.717) is 6.42 Å². The van der Waals surface area contributed by atoms with Gasteiger partial charge >= 0.3 is 0 Å². The van der Waals surface area contributed by atoms with Gasteiger partial charge in [-0.25, -0.2) is 0 Å². The molecule has 86 valence electrons. The van der Waals surface area contributed by atoms with Gasteiger partial charge in [-0.15, -0.1) is 0 Å². The lowest BCUT2D eigenvalue weighted by atomic mass is 9.97. The molecule has 1 aliphatic heterocycles. The summed E-state index contributed by atoms with van der Waals surface area (Å²) in [5, 5.41) is 3.00. The number of aryl methyl sites for hydroxylation is 2. The Labute approximate surface area is 95.8 Å². The van der Waals surface area contributed by atoms with Crippen molar-refractivity contribution in [3.63, 3.8) is 0 Å². The molecule has 1 aliphatic rings. The van der Waals surface area contributed by atoms with Crippen molar-refractivity contribution in [1.82, 2.24) is 5.32 Å². The standard InChI is InChI=1S/C13H17NO2/c1-8-7-12(16-3)9(2)6-10(8)11-4-5-13(15)14-11/h6-7,11H,4-5H2,1-3H3,(H,14,15). The number of hydrogen-bond donors (Lipinski definition) is 1. The maximum absolute atomic E-state index is 11.2. The van der Waals surface area contributed by atoms with Gasteiger partial charge in [-0.3, -0.25) is 4.79 Å². The lowest BCUT2D eigenvalue weighted by Gasteiger charge is -2.16. The van der Waals surface area contributed by atoms with Crippen molar-refractivity contribution in [3.8, 4) is 5.75 Å². The normalized spacial score (nSPS) is 19.7. The fourth-order valence-electron chi connectivity index (χ4n) is 2.25. The third kappa shape index (κ3) is 1.90. The number of benzene rings is 1. The molecular weight excluding hydrogens is 202 g/mol. The highest BCUT2D eigenvalue weighted by molar-refractivity contribution is 5.78. The number of amides is 1. The van der Waals surface area contributed by atoms with Crippen LogP contribution in [0.2, 0.25) is 0 Å². The number of rotatable bonds is 2. The van der Waals surface area contributed by atoms with E-state index in [-0.39, 0.29) is 11.9 Å². The zero-order chi connectivity index (χ0) is 11.7. The molecule has 3 heteroatoms. The molecule has 3 nitrogen and oxygen atoms in total. The molecule has 1 fully saturated rings. The molecule has 1 unspecified atom stereocenters. The van der Waals surface area contributed by atoms with Crippen LogP contribution in [0.5, 0.6) is 5.75 Å². The third-order valence-corrected chi connectivity index (χ3v) is 3.15. The number of ether oxygens (including phenoxy) is 1. The summed E-state index contributed by atoms with van der Waals surface area (Å²) in [7, 11) is 1.68. The maximum Gasteiger partial charge on any atom is 0.220 e. The molecule has 16 heavy (non-hydrogen) atoms. The van der Waals surface area contributed by atoms with Crippen LogP contribution in [0.15, 0.2) is 12.1 Å². The van der Waals surface area contributed by atoms with Crippen LogP contribution in [0, 0.1) is 13.8 Å². The number of methoxy groups -OCH3 is 1. The van der Waals surface area contributed by atoms with Gasteiger partial charge in [0.25, 0.3) is 0 Å². The zero-order valence-corrected chi connectivity index (χ0v) is 9.96. The van der Waals surface area contributed by atoms with Crippen LogP contribution < -0.4 is 10.1 Å². The number of carbonyl (C=O) groups is 1. The molecule has 0 aliphatic carbocycles. The minimum atomic E-state index is 0.151. The quantitative estimate of drug-likeness (QED) is 0.828. The number of carbonyl (C=O) groups excluding carboxylic acids is 1. The van der Waals surface area contributed by atoms with E-state index in [4.69, 9.17) is 4.74 Å². The van der Waals surface area contributed by atoms with Crippen molar-refractivity contribution in [3.05, 3.63) is 28.8 Å². The monoisotopic (exact) mass is 219 g/mol. The second-order valence-corrected chi connectivity index (χ2v) is 4.34. The lowest BCUT2D eigenvalue weighted by molar-refractivity contribution is -0.119. The summed E-state index contributed by atoms with van der Waals surface area (Å²) in [5.74, 6) is 1.06. The smallest absolute Gasteiger partial charge is 0.220 e. The Morgan fingerprint density at radius 1 is 1.31 bits per heavy atom. The van der Waals surface area contributed by atoms with Gasteiger partial charge in [0.2, 0.25) is 5.91 Å². The van der Waals surface area contributed by atoms with Crippen LogP contribution >= 0.6 is 0 Å². The molecule has 0 radical (unpaired) electrons. The Bertz CT molecular complexity index is 426. The van der Waals surface area contributed by atoms with E-state index in [9.17, 15) is 4.79 Å². The van der Waals surface area contributed by atoms with E-state index < -0.39 is 0 Å². The first kappa shape index (κ1) is 11.0. The summed E-state index contributed by atoms with van der Waals surface area (Å²) in [6.45, 7) is 4.08.